The minimum Gasteiger partial charge on any atom is -0.490 e. The van der Waals surface area contributed by atoms with Gasteiger partial charge in [0.25, 0.3) is 5.56 Å². The minimum absolute atomic E-state index is 0.185. The summed E-state index contributed by atoms with van der Waals surface area (Å²) in [6.07, 6.45) is 7.11. The summed E-state index contributed by atoms with van der Waals surface area (Å²) in [7, 11) is 0. The first-order chi connectivity index (χ1) is 19.8. The van der Waals surface area contributed by atoms with Crippen LogP contribution in [0.3, 0.4) is 0 Å². The van der Waals surface area contributed by atoms with E-state index < -0.39 is 0 Å². The van der Waals surface area contributed by atoms with E-state index in [1.165, 1.54) is 11.1 Å². The molecule has 0 saturated heterocycles. The van der Waals surface area contributed by atoms with Gasteiger partial charge in [-0.2, -0.15) is 9.78 Å². The molecule has 5 rings (SSSR count). The van der Waals surface area contributed by atoms with Gasteiger partial charge in [0.15, 0.2) is 11.5 Å². The summed E-state index contributed by atoms with van der Waals surface area (Å²) in [6.45, 7) is 2.72. The Bertz CT molecular complexity index is 1680. The number of benzene rings is 3. The van der Waals surface area contributed by atoms with Gasteiger partial charge in [-0.15, -0.1) is 0 Å². The van der Waals surface area contributed by atoms with E-state index in [0.29, 0.717) is 45.9 Å². The van der Waals surface area contributed by atoms with Crippen molar-refractivity contribution in [2.75, 3.05) is 6.61 Å². The molecule has 1 aromatic heterocycles. The predicted octanol–water partition coefficient (Wildman–Crippen LogP) is 10.1. The molecule has 0 radical (unpaired) electrons. The largest absolute Gasteiger partial charge is 0.490 e. The van der Waals surface area contributed by atoms with Gasteiger partial charge in [0.1, 0.15) is 12.4 Å². The molecule has 6 nitrogen and oxygen atoms in total. The smallest absolute Gasteiger partial charge is 0.282 e. The summed E-state index contributed by atoms with van der Waals surface area (Å²) < 4.78 is 17.9. The van der Waals surface area contributed by atoms with Crippen LogP contribution in [0.25, 0.3) is 10.9 Å². The van der Waals surface area contributed by atoms with Crippen molar-refractivity contribution >= 4 is 96.8 Å². The third kappa shape index (κ3) is 7.00. The number of ether oxygens (including phenoxy) is 2. The van der Waals surface area contributed by atoms with E-state index in [1.54, 1.807) is 12.3 Å². The Labute approximate surface area is 280 Å². The fourth-order valence-electron chi connectivity index (χ4n) is 4.91. The van der Waals surface area contributed by atoms with Gasteiger partial charge in [0.2, 0.25) is 0 Å². The lowest BCUT2D eigenvalue weighted by Gasteiger charge is -2.23. The van der Waals surface area contributed by atoms with Crippen LogP contribution < -0.4 is 15.0 Å². The minimum atomic E-state index is -0.187. The summed E-state index contributed by atoms with van der Waals surface area (Å²) in [4.78, 5) is 18.7. The number of nitrogens with zero attached hydrogens (tertiary/aromatic N) is 3. The average Bonchev–Trinajstić information content (AvgIpc) is 2.96. The lowest BCUT2D eigenvalue weighted by atomic mass is 9.88. The Morgan fingerprint density at radius 2 is 1.68 bits per heavy atom. The number of rotatable bonds is 8. The molecule has 0 bridgehead atoms. The van der Waals surface area contributed by atoms with Crippen molar-refractivity contribution in [2.45, 2.75) is 51.6 Å². The average molecular weight is 876 g/mol. The highest BCUT2D eigenvalue weighted by Crippen LogP contribution is 2.43. The Morgan fingerprint density at radius 1 is 0.951 bits per heavy atom. The number of hydrogen-bond acceptors (Lipinski definition) is 5. The second kappa shape index (κ2) is 13.8. The molecule has 1 aliphatic rings. The van der Waals surface area contributed by atoms with Crippen LogP contribution in [0, 0.1) is 0 Å². The van der Waals surface area contributed by atoms with Crippen molar-refractivity contribution in [3.05, 3.63) is 92.1 Å². The summed E-state index contributed by atoms with van der Waals surface area (Å²) in [5, 5.41) is 5.24. The van der Waals surface area contributed by atoms with E-state index in [0.717, 1.165) is 54.7 Å². The van der Waals surface area contributed by atoms with E-state index in [4.69, 9.17) is 19.6 Å². The standard InChI is InChI=1S/C30H26Br5N3O3/c1-2-40-25-12-19(26(34)27(35)28(25)41-16-18-8-9-21(32)14-23(18)33)15-36-38-29(17-6-4-3-5-7-17)37-24-11-10-20(31)13-22(24)30(38)39/h8-15,17H,2-7,16H2,1H3. The maximum Gasteiger partial charge on any atom is 0.282 e. The van der Waals surface area contributed by atoms with Gasteiger partial charge in [-0.3, -0.25) is 4.79 Å². The molecule has 11 heteroatoms. The van der Waals surface area contributed by atoms with Crippen LogP contribution in [0.4, 0.5) is 0 Å². The quantitative estimate of drug-likeness (QED) is 0.166. The lowest BCUT2D eigenvalue weighted by Crippen LogP contribution is -2.25. The van der Waals surface area contributed by atoms with Crippen molar-refractivity contribution in [3.63, 3.8) is 0 Å². The number of halogens is 5. The van der Waals surface area contributed by atoms with Crippen LogP contribution in [0.15, 0.2) is 74.7 Å². The molecule has 0 amide bonds. The Kier molecular flexibility index (Phi) is 10.4. The highest BCUT2D eigenvalue weighted by Gasteiger charge is 2.23. The van der Waals surface area contributed by atoms with Gasteiger partial charge in [-0.25, -0.2) is 4.98 Å². The summed E-state index contributed by atoms with van der Waals surface area (Å²) >= 11 is 18.0. The molecule has 0 aliphatic heterocycles. The van der Waals surface area contributed by atoms with Gasteiger partial charge in [-0.1, -0.05) is 73.1 Å². The molecule has 4 aromatic rings. The van der Waals surface area contributed by atoms with Crippen molar-refractivity contribution < 1.29 is 9.47 Å². The van der Waals surface area contributed by atoms with Crippen molar-refractivity contribution in [3.8, 4) is 11.5 Å². The molecule has 1 fully saturated rings. The molecule has 3 aromatic carbocycles. The number of aromatic nitrogens is 2. The van der Waals surface area contributed by atoms with Crippen molar-refractivity contribution in [1.82, 2.24) is 9.66 Å². The molecule has 0 spiro atoms. The molecule has 1 aliphatic carbocycles. The second-order valence-corrected chi connectivity index (χ2v) is 14.0. The van der Waals surface area contributed by atoms with Crippen molar-refractivity contribution in [2.24, 2.45) is 5.10 Å². The molecule has 0 unspecified atom stereocenters. The predicted molar refractivity (Wildman–Crippen MR) is 182 cm³/mol. The number of hydrogen-bond donors (Lipinski definition) is 0. The van der Waals surface area contributed by atoms with E-state index in [9.17, 15) is 4.79 Å². The van der Waals surface area contributed by atoms with Crippen LogP contribution in [-0.2, 0) is 6.61 Å². The second-order valence-electron chi connectivity index (χ2n) is 9.71. The molecule has 41 heavy (non-hydrogen) atoms. The molecule has 0 N–H and O–H groups in total. The molecule has 0 atom stereocenters. The first-order valence-corrected chi connectivity index (χ1v) is 17.2. The molecular weight excluding hydrogens is 850 g/mol. The Morgan fingerprint density at radius 3 is 2.41 bits per heavy atom. The van der Waals surface area contributed by atoms with Crippen LogP contribution in [0.5, 0.6) is 11.5 Å². The highest BCUT2D eigenvalue weighted by atomic mass is 79.9. The highest BCUT2D eigenvalue weighted by molar-refractivity contribution is 9.13. The van der Waals surface area contributed by atoms with E-state index in [2.05, 4.69) is 79.6 Å². The van der Waals surface area contributed by atoms with Gasteiger partial charge >= 0.3 is 0 Å². The SMILES string of the molecule is CCOc1cc(C=Nn2c(C3CCCCC3)nc3ccc(Br)cc3c2=O)c(Br)c(Br)c1OCc1ccc(Br)cc1Br. The summed E-state index contributed by atoms with van der Waals surface area (Å²) in [5.41, 5.74) is 2.22. The van der Waals surface area contributed by atoms with Gasteiger partial charge < -0.3 is 9.47 Å². The third-order valence-corrected chi connectivity index (χ3v) is 10.8. The van der Waals surface area contributed by atoms with Crippen molar-refractivity contribution in [1.29, 1.82) is 0 Å². The molecule has 1 heterocycles. The van der Waals surface area contributed by atoms with E-state index >= 15 is 0 Å². The van der Waals surface area contributed by atoms with Gasteiger partial charge in [0.05, 0.1) is 28.2 Å². The number of fused-ring (bicyclic) bond motifs is 1. The normalized spacial score (nSPS) is 14.2. The van der Waals surface area contributed by atoms with Gasteiger partial charge in [0, 0.05) is 34.9 Å². The third-order valence-electron chi connectivity index (χ3n) is 6.96. The topological polar surface area (TPSA) is 65.7 Å². The molecule has 1 saturated carbocycles. The zero-order chi connectivity index (χ0) is 29.1. The van der Waals surface area contributed by atoms with Crippen LogP contribution >= 0.6 is 79.6 Å². The summed E-state index contributed by atoms with van der Waals surface area (Å²) in [5.74, 6) is 2.03. The monoisotopic (exact) mass is 871 g/mol. The maximum atomic E-state index is 13.7. The van der Waals surface area contributed by atoms with Gasteiger partial charge in [-0.05, 0) is 88.0 Å². The van der Waals surface area contributed by atoms with Crippen LogP contribution in [-0.4, -0.2) is 22.5 Å². The first kappa shape index (κ1) is 30.9. The zero-order valence-electron chi connectivity index (χ0n) is 22.1. The van der Waals surface area contributed by atoms with E-state index in [-0.39, 0.29) is 11.5 Å². The first-order valence-electron chi connectivity index (χ1n) is 13.2. The molecular formula is C30H26Br5N3O3. The summed E-state index contributed by atoms with van der Waals surface area (Å²) in [6, 6.07) is 13.4. The fraction of sp³-hybridized carbons (Fsp3) is 0.300. The van der Waals surface area contributed by atoms with Crippen LogP contribution in [0.1, 0.15) is 61.9 Å². The zero-order valence-corrected chi connectivity index (χ0v) is 30.0. The van der Waals surface area contributed by atoms with E-state index in [1.807, 2.05) is 43.3 Å². The Balaban J connectivity index is 1.54. The maximum absolute atomic E-state index is 13.7. The van der Waals surface area contributed by atoms with Crippen LogP contribution in [0.2, 0.25) is 0 Å². The fourth-order valence-corrected chi connectivity index (χ4v) is 7.37. The molecule has 214 valence electrons. The lowest BCUT2D eigenvalue weighted by molar-refractivity contribution is 0.267. The Hall–Kier alpha value is -1.53.